The van der Waals surface area contributed by atoms with E-state index < -0.39 is 0 Å². The van der Waals surface area contributed by atoms with Gasteiger partial charge in [-0.3, -0.25) is 5.10 Å². The molecule has 2 aromatic rings. The number of hydrogen-bond donors (Lipinski definition) is 1. The molecule has 0 radical (unpaired) electrons. The van der Waals surface area contributed by atoms with Crippen molar-refractivity contribution in [1.82, 2.24) is 15.1 Å². The number of hydrogen-bond acceptors (Lipinski definition) is 2. The summed E-state index contributed by atoms with van der Waals surface area (Å²) in [7, 11) is 0. The van der Waals surface area contributed by atoms with Gasteiger partial charge in [0.15, 0.2) is 0 Å². The molecule has 1 aliphatic heterocycles. The summed E-state index contributed by atoms with van der Waals surface area (Å²) in [6.45, 7) is 7.98. The molecular weight excluding hydrogens is 289 g/mol. The number of rotatable bonds is 5. The van der Waals surface area contributed by atoms with Gasteiger partial charge in [-0.15, -0.1) is 0 Å². The van der Waals surface area contributed by atoms with Gasteiger partial charge in [0.05, 0.1) is 6.20 Å². The number of piperidine rings is 1. The van der Waals surface area contributed by atoms with Gasteiger partial charge in [-0.1, -0.05) is 32.4 Å². The van der Waals surface area contributed by atoms with Crippen LogP contribution < -0.4 is 0 Å². The van der Waals surface area contributed by atoms with Crippen molar-refractivity contribution in [3.05, 3.63) is 42.0 Å². The van der Waals surface area contributed by atoms with Crippen LogP contribution in [0.4, 0.5) is 4.39 Å². The van der Waals surface area contributed by atoms with E-state index in [1.54, 1.807) is 12.1 Å². The smallest absolute Gasteiger partial charge is 0.123 e. The van der Waals surface area contributed by atoms with Crippen molar-refractivity contribution in [3.63, 3.8) is 0 Å². The lowest BCUT2D eigenvalue weighted by atomic mass is 9.90. The minimum Gasteiger partial charge on any atom is -0.302 e. The Morgan fingerprint density at radius 1 is 1.43 bits per heavy atom. The summed E-state index contributed by atoms with van der Waals surface area (Å²) in [6, 6.07) is 6.79. The molecule has 4 heteroatoms. The zero-order chi connectivity index (χ0) is 16.2. The third kappa shape index (κ3) is 3.81. The van der Waals surface area contributed by atoms with Crippen LogP contribution in [0.15, 0.2) is 30.5 Å². The van der Waals surface area contributed by atoms with Crippen molar-refractivity contribution in [2.24, 2.45) is 5.92 Å². The van der Waals surface area contributed by atoms with Gasteiger partial charge in [0.2, 0.25) is 0 Å². The molecule has 1 aromatic carbocycles. The first-order chi connectivity index (χ1) is 11.2. The van der Waals surface area contributed by atoms with E-state index in [4.69, 9.17) is 0 Å². The van der Waals surface area contributed by atoms with Gasteiger partial charge in [-0.2, -0.15) is 5.10 Å². The molecule has 3 rings (SSSR count). The van der Waals surface area contributed by atoms with Crippen LogP contribution in [0, 0.1) is 11.7 Å². The van der Waals surface area contributed by atoms with E-state index in [0.717, 1.165) is 35.8 Å². The van der Waals surface area contributed by atoms with Gasteiger partial charge < -0.3 is 4.90 Å². The van der Waals surface area contributed by atoms with E-state index in [1.165, 1.54) is 31.9 Å². The molecule has 0 saturated carbocycles. The fraction of sp³-hybridized carbons (Fsp3) is 0.526. The van der Waals surface area contributed by atoms with Gasteiger partial charge in [-0.25, -0.2) is 4.39 Å². The van der Waals surface area contributed by atoms with E-state index >= 15 is 0 Å². The Labute approximate surface area is 137 Å². The standard InChI is InChI=1S/C19H26FN3/c1-3-14(2)12-23-9-5-7-16(13-23)19-18(11-21-22-19)15-6-4-8-17(20)10-15/h4,6,8,10-11,14,16H,3,5,7,9,12-13H2,1-2H3,(H,21,22)/t14-,16+/m1/s1. The molecule has 0 bridgehead atoms. The largest absolute Gasteiger partial charge is 0.302 e. The van der Waals surface area contributed by atoms with Gasteiger partial charge in [0, 0.05) is 30.3 Å². The normalized spacial score (nSPS) is 20.6. The molecule has 1 N–H and O–H groups in total. The maximum absolute atomic E-state index is 13.5. The molecule has 0 aliphatic carbocycles. The third-order valence-electron chi connectivity index (χ3n) is 4.99. The Hall–Kier alpha value is -1.68. The zero-order valence-corrected chi connectivity index (χ0v) is 14.1. The molecule has 1 saturated heterocycles. The molecule has 124 valence electrons. The number of aromatic nitrogens is 2. The van der Waals surface area contributed by atoms with Crippen molar-refractivity contribution in [1.29, 1.82) is 0 Å². The molecule has 3 nitrogen and oxygen atoms in total. The molecule has 1 aromatic heterocycles. The van der Waals surface area contributed by atoms with Crippen molar-refractivity contribution in [2.75, 3.05) is 19.6 Å². The second-order valence-corrected chi connectivity index (χ2v) is 6.82. The maximum atomic E-state index is 13.5. The lowest BCUT2D eigenvalue weighted by molar-refractivity contribution is 0.180. The Bertz CT molecular complexity index is 637. The van der Waals surface area contributed by atoms with E-state index in [9.17, 15) is 4.39 Å². The number of likely N-dealkylation sites (tertiary alicyclic amines) is 1. The predicted octanol–water partition coefficient (Wildman–Crippen LogP) is 4.44. The molecule has 0 unspecified atom stereocenters. The van der Waals surface area contributed by atoms with Gasteiger partial charge in [-0.05, 0) is 43.0 Å². The molecule has 23 heavy (non-hydrogen) atoms. The molecule has 0 amide bonds. The number of halogens is 1. The Morgan fingerprint density at radius 3 is 3.09 bits per heavy atom. The topological polar surface area (TPSA) is 31.9 Å². The summed E-state index contributed by atoms with van der Waals surface area (Å²) in [5.74, 6) is 0.989. The first kappa shape index (κ1) is 16.2. The molecule has 2 heterocycles. The van der Waals surface area contributed by atoms with Crippen LogP contribution in [0.5, 0.6) is 0 Å². The predicted molar refractivity (Wildman–Crippen MR) is 91.9 cm³/mol. The first-order valence-electron chi connectivity index (χ1n) is 8.69. The van der Waals surface area contributed by atoms with Crippen LogP contribution in [0.25, 0.3) is 11.1 Å². The fourth-order valence-electron chi connectivity index (χ4n) is 3.52. The van der Waals surface area contributed by atoms with Crippen molar-refractivity contribution in [3.8, 4) is 11.1 Å². The lowest BCUT2D eigenvalue weighted by Gasteiger charge is -2.34. The van der Waals surface area contributed by atoms with E-state index in [1.807, 2.05) is 12.3 Å². The zero-order valence-electron chi connectivity index (χ0n) is 14.1. The summed E-state index contributed by atoms with van der Waals surface area (Å²) in [6.07, 6.45) is 5.43. The minimum atomic E-state index is -0.198. The van der Waals surface area contributed by atoms with E-state index in [-0.39, 0.29) is 5.82 Å². The van der Waals surface area contributed by atoms with Crippen LogP contribution in [-0.2, 0) is 0 Å². The van der Waals surface area contributed by atoms with Gasteiger partial charge in [0.1, 0.15) is 5.82 Å². The summed E-state index contributed by atoms with van der Waals surface area (Å²) in [5, 5.41) is 7.42. The summed E-state index contributed by atoms with van der Waals surface area (Å²) >= 11 is 0. The minimum absolute atomic E-state index is 0.198. The molecule has 2 atom stereocenters. The highest BCUT2D eigenvalue weighted by Gasteiger charge is 2.25. The number of nitrogens with one attached hydrogen (secondary N) is 1. The Balaban J connectivity index is 1.78. The monoisotopic (exact) mass is 315 g/mol. The highest BCUT2D eigenvalue weighted by molar-refractivity contribution is 5.65. The van der Waals surface area contributed by atoms with Crippen molar-refractivity contribution >= 4 is 0 Å². The highest BCUT2D eigenvalue weighted by Crippen LogP contribution is 2.33. The number of benzene rings is 1. The SMILES string of the molecule is CC[C@@H](C)CN1CCC[C@H](c2[nH]ncc2-c2cccc(F)c2)C1. The summed E-state index contributed by atoms with van der Waals surface area (Å²) in [4.78, 5) is 2.57. The Kier molecular flexibility index (Phi) is 5.11. The molecule has 1 aliphatic rings. The number of H-pyrrole nitrogens is 1. The van der Waals surface area contributed by atoms with E-state index in [0.29, 0.717) is 5.92 Å². The Morgan fingerprint density at radius 2 is 2.30 bits per heavy atom. The second-order valence-electron chi connectivity index (χ2n) is 6.82. The van der Waals surface area contributed by atoms with E-state index in [2.05, 4.69) is 28.9 Å². The summed E-state index contributed by atoms with van der Waals surface area (Å²) in [5.41, 5.74) is 3.11. The highest BCUT2D eigenvalue weighted by atomic mass is 19.1. The second kappa shape index (κ2) is 7.26. The fourth-order valence-corrected chi connectivity index (χ4v) is 3.52. The van der Waals surface area contributed by atoms with Crippen LogP contribution in [0.3, 0.4) is 0 Å². The van der Waals surface area contributed by atoms with Crippen LogP contribution in [0.1, 0.15) is 44.7 Å². The van der Waals surface area contributed by atoms with Crippen molar-refractivity contribution < 1.29 is 4.39 Å². The average molecular weight is 315 g/mol. The molecular formula is C19H26FN3. The molecule has 1 fully saturated rings. The summed E-state index contributed by atoms with van der Waals surface area (Å²) < 4.78 is 13.5. The number of nitrogens with zero attached hydrogens (tertiary/aromatic N) is 2. The lowest BCUT2D eigenvalue weighted by Crippen LogP contribution is -2.37. The first-order valence-corrected chi connectivity index (χ1v) is 8.69. The van der Waals surface area contributed by atoms with Crippen molar-refractivity contribution in [2.45, 2.75) is 39.0 Å². The van der Waals surface area contributed by atoms with Gasteiger partial charge >= 0.3 is 0 Å². The third-order valence-corrected chi connectivity index (χ3v) is 4.99. The number of aromatic amines is 1. The quantitative estimate of drug-likeness (QED) is 0.884. The average Bonchev–Trinajstić information content (AvgIpc) is 3.04. The van der Waals surface area contributed by atoms with Crippen LogP contribution in [-0.4, -0.2) is 34.7 Å². The molecule has 0 spiro atoms. The van der Waals surface area contributed by atoms with Crippen LogP contribution >= 0.6 is 0 Å². The van der Waals surface area contributed by atoms with Gasteiger partial charge in [0.25, 0.3) is 0 Å². The maximum Gasteiger partial charge on any atom is 0.123 e. The van der Waals surface area contributed by atoms with Crippen LogP contribution in [0.2, 0.25) is 0 Å².